The number of benzene rings is 2. The fraction of sp³-hybridized carbons (Fsp3) is 0.370. The van der Waals surface area contributed by atoms with E-state index < -0.39 is 0 Å². The second-order valence-electron chi connectivity index (χ2n) is 8.91. The molecule has 1 atom stereocenters. The van der Waals surface area contributed by atoms with E-state index in [4.69, 9.17) is 21.6 Å². The van der Waals surface area contributed by atoms with Crippen molar-refractivity contribution in [3.63, 3.8) is 0 Å². The molecule has 174 valence electrons. The molecule has 1 saturated heterocycles. The summed E-state index contributed by atoms with van der Waals surface area (Å²) in [6.07, 6.45) is 4.00. The molecule has 0 saturated carbocycles. The minimum Gasteiger partial charge on any atom is -0.370 e. The molecule has 0 N–H and O–H groups in total. The molecular weight excluding hydrogens is 444 g/mol. The highest BCUT2D eigenvalue weighted by Crippen LogP contribution is 2.36. The number of anilines is 2. The van der Waals surface area contributed by atoms with Crippen molar-refractivity contribution in [1.29, 1.82) is 5.26 Å². The second-order valence-corrected chi connectivity index (χ2v) is 9.32. The topological polar surface area (TPSA) is 59.3 Å². The summed E-state index contributed by atoms with van der Waals surface area (Å²) in [5.41, 5.74) is 3.49. The number of nitriles is 1. The SMILES string of the molecule is C=CN1CCN(c2nc(CC)nc3c2CCN(c2cccc4cccc(Cl)c24)C3)CC1CC#N. The first-order valence-electron chi connectivity index (χ1n) is 11.9. The zero-order chi connectivity index (χ0) is 23.7. The van der Waals surface area contributed by atoms with Crippen molar-refractivity contribution in [2.24, 2.45) is 0 Å². The van der Waals surface area contributed by atoms with Crippen LogP contribution in [0.1, 0.15) is 30.4 Å². The summed E-state index contributed by atoms with van der Waals surface area (Å²) in [6.45, 7) is 10.1. The third kappa shape index (κ3) is 4.05. The van der Waals surface area contributed by atoms with Gasteiger partial charge in [-0.1, -0.05) is 49.4 Å². The van der Waals surface area contributed by atoms with Gasteiger partial charge in [-0.2, -0.15) is 5.26 Å². The first kappa shape index (κ1) is 22.5. The summed E-state index contributed by atoms with van der Waals surface area (Å²) >= 11 is 6.63. The van der Waals surface area contributed by atoms with Gasteiger partial charge in [0.05, 0.1) is 35.8 Å². The molecule has 6 nitrogen and oxygen atoms in total. The lowest BCUT2D eigenvalue weighted by Gasteiger charge is -2.42. The van der Waals surface area contributed by atoms with Crippen molar-refractivity contribution < 1.29 is 0 Å². The lowest BCUT2D eigenvalue weighted by molar-refractivity contribution is 0.251. The Hall–Kier alpha value is -3.30. The number of hydrogen-bond acceptors (Lipinski definition) is 6. The number of rotatable bonds is 5. The molecular formula is C27H29ClN6. The van der Waals surface area contributed by atoms with Crippen LogP contribution in [0.5, 0.6) is 0 Å². The molecule has 0 amide bonds. The van der Waals surface area contributed by atoms with Crippen molar-refractivity contribution in [1.82, 2.24) is 14.9 Å². The smallest absolute Gasteiger partial charge is 0.136 e. The van der Waals surface area contributed by atoms with Gasteiger partial charge in [0.25, 0.3) is 0 Å². The lowest BCUT2D eigenvalue weighted by Crippen LogP contribution is -2.51. The zero-order valence-corrected chi connectivity index (χ0v) is 20.3. The molecule has 1 aromatic heterocycles. The van der Waals surface area contributed by atoms with Gasteiger partial charge in [0.15, 0.2) is 0 Å². The minimum absolute atomic E-state index is 0.129. The van der Waals surface area contributed by atoms with E-state index in [0.717, 1.165) is 84.4 Å². The van der Waals surface area contributed by atoms with Gasteiger partial charge < -0.3 is 14.7 Å². The molecule has 2 aliphatic rings. The van der Waals surface area contributed by atoms with E-state index in [0.29, 0.717) is 6.42 Å². The van der Waals surface area contributed by atoms with Crippen molar-refractivity contribution in [2.75, 3.05) is 36.0 Å². The molecule has 0 spiro atoms. The van der Waals surface area contributed by atoms with Crippen LogP contribution in [0.25, 0.3) is 10.8 Å². The molecule has 5 rings (SSSR count). The third-order valence-electron chi connectivity index (χ3n) is 6.97. The van der Waals surface area contributed by atoms with E-state index in [1.165, 1.54) is 5.56 Å². The number of hydrogen-bond donors (Lipinski definition) is 0. The molecule has 1 fully saturated rings. The average Bonchev–Trinajstić information content (AvgIpc) is 2.87. The quantitative estimate of drug-likeness (QED) is 0.523. The molecule has 0 aliphatic carbocycles. The Morgan fingerprint density at radius 1 is 1.15 bits per heavy atom. The highest BCUT2D eigenvalue weighted by molar-refractivity contribution is 6.36. The maximum Gasteiger partial charge on any atom is 0.136 e. The summed E-state index contributed by atoms with van der Waals surface area (Å²) < 4.78 is 0. The Bertz CT molecular complexity index is 1260. The maximum absolute atomic E-state index is 9.33. The van der Waals surface area contributed by atoms with Gasteiger partial charge in [-0.25, -0.2) is 9.97 Å². The van der Waals surface area contributed by atoms with Crippen LogP contribution in [0.3, 0.4) is 0 Å². The lowest BCUT2D eigenvalue weighted by atomic mass is 10.0. The molecule has 3 aromatic rings. The van der Waals surface area contributed by atoms with Crippen molar-refractivity contribution in [2.45, 2.75) is 38.8 Å². The van der Waals surface area contributed by atoms with Crippen molar-refractivity contribution >= 4 is 33.9 Å². The van der Waals surface area contributed by atoms with Gasteiger partial charge in [-0.05, 0) is 30.1 Å². The van der Waals surface area contributed by atoms with Gasteiger partial charge in [-0.15, -0.1) is 0 Å². The second kappa shape index (κ2) is 9.52. The van der Waals surface area contributed by atoms with E-state index in [1.54, 1.807) is 0 Å². The Kier molecular flexibility index (Phi) is 6.30. The van der Waals surface area contributed by atoms with Crippen LogP contribution in [-0.4, -0.2) is 47.1 Å². The van der Waals surface area contributed by atoms with E-state index in [9.17, 15) is 5.26 Å². The molecule has 0 bridgehead atoms. The fourth-order valence-corrected chi connectivity index (χ4v) is 5.49. The molecule has 34 heavy (non-hydrogen) atoms. The van der Waals surface area contributed by atoms with Crippen molar-refractivity contribution in [3.05, 3.63) is 71.3 Å². The first-order valence-corrected chi connectivity index (χ1v) is 12.3. The van der Waals surface area contributed by atoms with Gasteiger partial charge >= 0.3 is 0 Å². The molecule has 0 radical (unpaired) electrons. The molecule has 2 aromatic carbocycles. The summed E-state index contributed by atoms with van der Waals surface area (Å²) in [6, 6.07) is 14.9. The Balaban J connectivity index is 1.50. The van der Waals surface area contributed by atoms with Gasteiger partial charge in [0.2, 0.25) is 0 Å². The zero-order valence-electron chi connectivity index (χ0n) is 19.5. The van der Waals surface area contributed by atoms with Crippen LogP contribution in [0.15, 0.2) is 49.2 Å². The maximum atomic E-state index is 9.33. The summed E-state index contributed by atoms with van der Waals surface area (Å²) in [4.78, 5) is 16.9. The van der Waals surface area contributed by atoms with E-state index >= 15 is 0 Å². The number of piperazine rings is 1. The predicted octanol–water partition coefficient (Wildman–Crippen LogP) is 4.96. The van der Waals surface area contributed by atoms with Gasteiger partial charge in [0, 0.05) is 49.2 Å². The van der Waals surface area contributed by atoms with E-state index in [2.05, 4.69) is 58.5 Å². The van der Waals surface area contributed by atoms with E-state index in [1.807, 2.05) is 18.3 Å². The van der Waals surface area contributed by atoms with Crippen LogP contribution in [0, 0.1) is 11.3 Å². The fourth-order valence-electron chi connectivity index (χ4n) is 5.21. The van der Waals surface area contributed by atoms with Gasteiger partial charge in [0.1, 0.15) is 11.6 Å². The minimum atomic E-state index is 0.129. The highest BCUT2D eigenvalue weighted by atomic mass is 35.5. The van der Waals surface area contributed by atoms with Gasteiger partial charge in [-0.3, -0.25) is 0 Å². The average molecular weight is 473 g/mol. The normalized spacial score (nSPS) is 18.0. The monoisotopic (exact) mass is 472 g/mol. The number of nitrogens with zero attached hydrogens (tertiary/aromatic N) is 6. The molecule has 2 aliphatic heterocycles. The van der Waals surface area contributed by atoms with Crippen LogP contribution in [-0.2, 0) is 19.4 Å². The van der Waals surface area contributed by atoms with Crippen LogP contribution in [0.4, 0.5) is 11.5 Å². The Labute approximate surface area is 206 Å². The number of aryl methyl sites for hydroxylation is 1. The van der Waals surface area contributed by atoms with Crippen molar-refractivity contribution in [3.8, 4) is 6.07 Å². The highest BCUT2D eigenvalue weighted by Gasteiger charge is 2.30. The van der Waals surface area contributed by atoms with Crippen LogP contribution < -0.4 is 9.80 Å². The Morgan fingerprint density at radius 2 is 1.97 bits per heavy atom. The number of fused-ring (bicyclic) bond motifs is 2. The molecule has 1 unspecified atom stereocenters. The first-order chi connectivity index (χ1) is 16.6. The third-order valence-corrected chi connectivity index (χ3v) is 7.28. The summed E-state index contributed by atoms with van der Waals surface area (Å²) in [5.74, 6) is 1.92. The predicted molar refractivity (Wildman–Crippen MR) is 138 cm³/mol. The largest absolute Gasteiger partial charge is 0.370 e. The van der Waals surface area contributed by atoms with Crippen LogP contribution >= 0.6 is 11.6 Å². The Morgan fingerprint density at radius 3 is 2.74 bits per heavy atom. The molecule has 7 heteroatoms. The van der Waals surface area contributed by atoms with E-state index in [-0.39, 0.29) is 6.04 Å². The number of halogens is 1. The number of aromatic nitrogens is 2. The van der Waals surface area contributed by atoms with Crippen LogP contribution in [0.2, 0.25) is 5.02 Å². The summed E-state index contributed by atoms with van der Waals surface area (Å²) in [5, 5.41) is 12.4. The molecule has 3 heterocycles. The summed E-state index contributed by atoms with van der Waals surface area (Å²) in [7, 11) is 0. The standard InChI is InChI=1S/C27H29ClN6/c1-3-25-30-23-18-33(24-10-6-8-19-7-5-9-22(28)26(19)24)14-12-21(23)27(31-25)34-16-15-32(4-2)20(17-34)11-13-29/h4-10,20H,2-3,11-12,14-18H2,1H3.